The second-order valence-corrected chi connectivity index (χ2v) is 15.8. The van der Waals surface area contributed by atoms with E-state index >= 15 is 0 Å². The number of H-pyrrole nitrogens is 1. The van der Waals surface area contributed by atoms with Crippen LogP contribution in [0.4, 0.5) is 29.5 Å². The van der Waals surface area contributed by atoms with Crippen molar-refractivity contribution in [2.75, 3.05) is 10.6 Å². The van der Waals surface area contributed by atoms with E-state index in [9.17, 15) is 22.8 Å². The molecule has 1 aliphatic heterocycles. The monoisotopic (exact) mass is 479 g/mol. The molecular weight excluding hydrogens is 451 g/mol. The zero-order chi connectivity index (χ0) is 24.3. The smallest absolute Gasteiger partial charge is 0.309 e. The van der Waals surface area contributed by atoms with Gasteiger partial charge in [-0.15, -0.1) is 0 Å². The summed E-state index contributed by atoms with van der Waals surface area (Å²) < 4.78 is 41.6. The van der Waals surface area contributed by atoms with Crippen molar-refractivity contribution in [3.63, 3.8) is 0 Å². The van der Waals surface area contributed by atoms with Crippen LogP contribution in [0.3, 0.4) is 0 Å². The van der Waals surface area contributed by atoms with Crippen LogP contribution in [0.1, 0.15) is 44.4 Å². The number of carbonyl (C=O) groups excluding carboxylic acids is 2. The van der Waals surface area contributed by atoms with Crippen LogP contribution in [0.25, 0.3) is 0 Å². The van der Waals surface area contributed by atoms with Crippen molar-refractivity contribution in [2.24, 2.45) is 0 Å². The van der Waals surface area contributed by atoms with Crippen molar-refractivity contribution < 1.29 is 22.8 Å². The number of hydrogen-bond donors (Lipinski definition) is 3. The number of nitrogens with one attached hydrogen (secondary N) is 3. The molecule has 0 saturated heterocycles. The maximum atomic E-state index is 14.1. The van der Waals surface area contributed by atoms with E-state index in [0.717, 1.165) is 25.3 Å². The summed E-state index contributed by atoms with van der Waals surface area (Å²) >= 11 is 0. The lowest BCUT2D eigenvalue weighted by atomic mass is 9.83. The van der Waals surface area contributed by atoms with Crippen LogP contribution in [0.2, 0.25) is 24.7 Å². The first-order valence-electron chi connectivity index (χ1n) is 10.9. The third-order valence-corrected chi connectivity index (χ3v) is 10.9. The molecule has 7 nitrogen and oxygen atoms in total. The first-order chi connectivity index (χ1) is 15.3. The highest BCUT2D eigenvalue weighted by atomic mass is 28.3. The van der Waals surface area contributed by atoms with E-state index in [4.69, 9.17) is 0 Å². The summed E-state index contributed by atoms with van der Waals surface area (Å²) in [7, 11) is -1.79. The highest BCUT2D eigenvalue weighted by Crippen LogP contribution is 2.56. The lowest BCUT2D eigenvalue weighted by molar-refractivity contribution is -0.121. The van der Waals surface area contributed by atoms with E-state index in [2.05, 4.69) is 40.5 Å². The van der Waals surface area contributed by atoms with Gasteiger partial charge < -0.3 is 15.5 Å². The summed E-state index contributed by atoms with van der Waals surface area (Å²) in [6, 6.07) is 0.599. The number of hydrogen-bond acceptors (Lipinski definition) is 3. The fourth-order valence-corrected chi connectivity index (χ4v) is 7.43. The minimum Gasteiger partial charge on any atom is -0.309 e. The molecule has 0 spiro atoms. The second-order valence-electron chi connectivity index (χ2n) is 10.4. The molecule has 0 bridgehead atoms. The van der Waals surface area contributed by atoms with Crippen LogP contribution in [-0.4, -0.2) is 35.1 Å². The SMILES string of the molecule is CC1(C)c2[nH]nc(NC(=O)C3([Si](C)(C)C)CCC3)c2CN1C(=O)Nc1c(F)ccc(F)c1F. The molecule has 2 aromatic rings. The predicted molar refractivity (Wildman–Crippen MR) is 121 cm³/mol. The Morgan fingerprint density at radius 2 is 1.73 bits per heavy atom. The highest BCUT2D eigenvalue weighted by Gasteiger charge is 2.54. The molecule has 4 rings (SSSR count). The number of amides is 3. The third-order valence-electron chi connectivity index (χ3n) is 7.30. The van der Waals surface area contributed by atoms with Gasteiger partial charge in [-0.2, -0.15) is 5.10 Å². The molecule has 3 amide bonds. The van der Waals surface area contributed by atoms with Gasteiger partial charge in [0.2, 0.25) is 5.91 Å². The van der Waals surface area contributed by atoms with E-state index in [0.29, 0.717) is 23.1 Å². The Kier molecular flexibility index (Phi) is 5.38. The molecule has 11 heteroatoms. The molecule has 1 fully saturated rings. The van der Waals surface area contributed by atoms with Gasteiger partial charge in [0.15, 0.2) is 17.5 Å². The van der Waals surface area contributed by atoms with Crippen molar-refractivity contribution in [3.8, 4) is 0 Å². The molecule has 0 atom stereocenters. The lowest BCUT2D eigenvalue weighted by Crippen LogP contribution is -2.52. The molecular formula is C22H28F3N5O2Si. The first kappa shape index (κ1) is 23.3. The second kappa shape index (κ2) is 7.61. The normalized spacial score (nSPS) is 18.5. The predicted octanol–water partition coefficient (Wildman–Crippen LogP) is 5.31. The third kappa shape index (κ3) is 3.53. The summed E-state index contributed by atoms with van der Waals surface area (Å²) in [6.07, 6.45) is 2.72. The van der Waals surface area contributed by atoms with Gasteiger partial charge in [-0.05, 0) is 38.8 Å². The van der Waals surface area contributed by atoms with Crippen LogP contribution in [-0.2, 0) is 16.9 Å². The molecule has 1 aromatic carbocycles. The fourth-order valence-electron chi connectivity index (χ4n) is 4.84. The van der Waals surface area contributed by atoms with Crippen molar-refractivity contribution in [1.82, 2.24) is 15.1 Å². The fraction of sp³-hybridized carbons (Fsp3) is 0.500. The van der Waals surface area contributed by atoms with Gasteiger partial charge in [0, 0.05) is 10.6 Å². The number of aromatic amines is 1. The molecule has 1 aliphatic carbocycles. The summed E-state index contributed by atoms with van der Waals surface area (Å²) in [5.41, 5.74) is -0.514. The topological polar surface area (TPSA) is 90.1 Å². The number of nitrogens with zero attached hydrogens (tertiary/aromatic N) is 2. The average molecular weight is 480 g/mol. The number of halogens is 3. The van der Waals surface area contributed by atoms with Gasteiger partial charge in [-0.25, -0.2) is 18.0 Å². The van der Waals surface area contributed by atoms with E-state index in [-0.39, 0.29) is 17.5 Å². The van der Waals surface area contributed by atoms with Gasteiger partial charge in [-0.3, -0.25) is 9.89 Å². The van der Waals surface area contributed by atoms with Gasteiger partial charge in [-0.1, -0.05) is 26.1 Å². The van der Waals surface area contributed by atoms with Crippen LogP contribution in [0.15, 0.2) is 12.1 Å². The molecule has 0 radical (unpaired) electrons. The molecule has 3 N–H and O–H groups in total. The Balaban J connectivity index is 1.57. The molecule has 1 saturated carbocycles. The van der Waals surface area contributed by atoms with Crippen molar-refractivity contribution in [1.29, 1.82) is 0 Å². The van der Waals surface area contributed by atoms with Crippen LogP contribution < -0.4 is 10.6 Å². The van der Waals surface area contributed by atoms with Crippen molar-refractivity contribution in [2.45, 2.75) is 69.9 Å². The minimum atomic E-state index is -1.79. The first-order valence-corrected chi connectivity index (χ1v) is 14.4. The van der Waals surface area contributed by atoms with Gasteiger partial charge >= 0.3 is 6.03 Å². The largest absolute Gasteiger partial charge is 0.323 e. The quantitative estimate of drug-likeness (QED) is 0.410. The average Bonchev–Trinajstić information content (AvgIpc) is 3.18. The maximum absolute atomic E-state index is 14.1. The number of urea groups is 1. The van der Waals surface area contributed by atoms with E-state index in [1.54, 1.807) is 13.8 Å². The highest BCUT2D eigenvalue weighted by molar-refractivity contribution is 6.83. The van der Waals surface area contributed by atoms with Crippen LogP contribution in [0.5, 0.6) is 0 Å². The van der Waals surface area contributed by atoms with Crippen LogP contribution in [0, 0.1) is 17.5 Å². The Morgan fingerprint density at radius 1 is 1.09 bits per heavy atom. The lowest BCUT2D eigenvalue weighted by Gasteiger charge is -2.48. The zero-order valence-electron chi connectivity index (χ0n) is 19.3. The summed E-state index contributed by atoms with van der Waals surface area (Å²) in [5, 5.41) is 11.9. The zero-order valence-corrected chi connectivity index (χ0v) is 20.3. The molecule has 33 heavy (non-hydrogen) atoms. The molecule has 0 unspecified atom stereocenters. The van der Waals surface area contributed by atoms with Crippen molar-refractivity contribution in [3.05, 3.63) is 40.8 Å². The van der Waals surface area contributed by atoms with Gasteiger partial charge in [0.25, 0.3) is 0 Å². The molecule has 178 valence electrons. The van der Waals surface area contributed by atoms with Gasteiger partial charge in [0.1, 0.15) is 11.5 Å². The Morgan fingerprint density at radius 3 is 2.30 bits per heavy atom. The summed E-state index contributed by atoms with van der Waals surface area (Å²) in [5.74, 6) is -3.51. The van der Waals surface area contributed by atoms with Gasteiger partial charge in [0.05, 0.1) is 25.9 Å². The number of benzene rings is 1. The number of anilines is 2. The Hall–Kier alpha value is -2.82. The number of aromatic nitrogens is 2. The van der Waals surface area contributed by atoms with Crippen LogP contribution >= 0.6 is 0 Å². The van der Waals surface area contributed by atoms with Crippen molar-refractivity contribution >= 4 is 31.5 Å². The minimum absolute atomic E-state index is 0.0492. The molecule has 2 heterocycles. The number of carbonyl (C=O) groups is 2. The Bertz CT molecular complexity index is 1140. The summed E-state index contributed by atoms with van der Waals surface area (Å²) in [4.78, 5) is 27.5. The molecule has 1 aromatic heterocycles. The molecule has 2 aliphatic rings. The van der Waals surface area contributed by atoms with E-state index in [1.165, 1.54) is 4.90 Å². The van der Waals surface area contributed by atoms with E-state index in [1.807, 2.05) is 0 Å². The maximum Gasteiger partial charge on any atom is 0.323 e. The number of rotatable bonds is 4. The number of fused-ring (bicyclic) bond motifs is 1. The van der Waals surface area contributed by atoms with E-state index < -0.39 is 42.8 Å². The standard InChI is InChI=1S/C22H28F3N5O2Si/c1-21(2)17-12(11-30(21)20(32)26-16-14(24)8-7-13(23)15(16)25)18(29-28-17)27-19(31)22(9-6-10-22)33(3,4)5/h7-8H,6,9-11H2,1-5H3,(H,26,32)(H2,27,28,29,31). The Labute approximate surface area is 191 Å². The summed E-state index contributed by atoms with van der Waals surface area (Å²) in [6.45, 7) is 10.1.